The van der Waals surface area contributed by atoms with Crippen molar-refractivity contribution in [2.45, 2.75) is 46.1 Å². The summed E-state index contributed by atoms with van der Waals surface area (Å²) < 4.78 is 0. The monoisotopic (exact) mass is 212 g/mol. The minimum atomic E-state index is 0.223. The molecule has 15 heavy (non-hydrogen) atoms. The van der Waals surface area contributed by atoms with E-state index in [0.29, 0.717) is 5.92 Å². The molecule has 0 aliphatic heterocycles. The van der Waals surface area contributed by atoms with Crippen LogP contribution in [-0.4, -0.2) is 30.1 Å². The Kier molecular flexibility index (Phi) is 6.86. The Labute approximate surface area is 95.5 Å². The van der Waals surface area contributed by atoms with E-state index in [1.165, 1.54) is 12.8 Å². The second-order valence-electron chi connectivity index (χ2n) is 5.20. The molecule has 0 aromatic carbocycles. The van der Waals surface area contributed by atoms with Crippen LogP contribution in [0.15, 0.2) is 12.7 Å². The maximum Gasteiger partial charge on any atom is 0.0165 e. The molecule has 1 atom stereocenters. The summed E-state index contributed by atoms with van der Waals surface area (Å²) in [4.78, 5) is 2.46. The third-order valence-electron chi connectivity index (χ3n) is 3.02. The van der Waals surface area contributed by atoms with Crippen LogP contribution in [0, 0.1) is 5.92 Å². The first kappa shape index (κ1) is 14.7. The molecule has 0 radical (unpaired) electrons. The second kappa shape index (κ2) is 7.02. The first-order valence-electron chi connectivity index (χ1n) is 6.01. The summed E-state index contributed by atoms with van der Waals surface area (Å²) in [5.41, 5.74) is 5.94. The first-order chi connectivity index (χ1) is 6.95. The van der Waals surface area contributed by atoms with E-state index in [1.54, 1.807) is 0 Å². The van der Waals surface area contributed by atoms with E-state index in [1.807, 2.05) is 6.08 Å². The average molecular weight is 212 g/mol. The molecule has 0 fully saturated rings. The van der Waals surface area contributed by atoms with Gasteiger partial charge in [0.2, 0.25) is 0 Å². The fourth-order valence-electron chi connectivity index (χ4n) is 1.68. The van der Waals surface area contributed by atoms with Crippen molar-refractivity contribution >= 4 is 0 Å². The largest absolute Gasteiger partial charge is 0.330 e. The van der Waals surface area contributed by atoms with Gasteiger partial charge in [0.25, 0.3) is 0 Å². The van der Waals surface area contributed by atoms with E-state index in [2.05, 4.69) is 39.2 Å². The van der Waals surface area contributed by atoms with E-state index in [9.17, 15) is 0 Å². The first-order valence-corrected chi connectivity index (χ1v) is 6.01. The third kappa shape index (κ3) is 5.95. The molecule has 2 nitrogen and oxygen atoms in total. The molecule has 0 aromatic heterocycles. The van der Waals surface area contributed by atoms with Crippen molar-refractivity contribution in [1.82, 2.24) is 4.90 Å². The summed E-state index contributed by atoms with van der Waals surface area (Å²) in [7, 11) is 0. The number of nitrogens with zero attached hydrogens (tertiary/aromatic N) is 1. The van der Waals surface area contributed by atoms with Crippen molar-refractivity contribution in [3.05, 3.63) is 12.7 Å². The maximum atomic E-state index is 5.71. The highest BCUT2D eigenvalue weighted by molar-refractivity contribution is 4.83. The summed E-state index contributed by atoms with van der Waals surface area (Å²) >= 11 is 0. The minimum absolute atomic E-state index is 0.223. The molecule has 0 rings (SSSR count). The van der Waals surface area contributed by atoms with Crippen molar-refractivity contribution < 1.29 is 0 Å². The van der Waals surface area contributed by atoms with Crippen LogP contribution in [0.3, 0.4) is 0 Å². The van der Waals surface area contributed by atoms with E-state index >= 15 is 0 Å². The highest BCUT2D eigenvalue weighted by atomic mass is 15.2. The van der Waals surface area contributed by atoms with Crippen molar-refractivity contribution in [3.63, 3.8) is 0 Å². The summed E-state index contributed by atoms with van der Waals surface area (Å²) in [5.74, 6) is 0.666. The summed E-state index contributed by atoms with van der Waals surface area (Å²) in [6.45, 7) is 15.7. The van der Waals surface area contributed by atoms with Gasteiger partial charge in [0.15, 0.2) is 0 Å². The summed E-state index contributed by atoms with van der Waals surface area (Å²) in [6, 6.07) is 0. The maximum absolute atomic E-state index is 5.71. The topological polar surface area (TPSA) is 29.3 Å². The van der Waals surface area contributed by atoms with Crippen molar-refractivity contribution in [1.29, 1.82) is 0 Å². The number of nitrogens with two attached hydrogens (primary N) is 1. The lowest BCUT2D eigenvalue weighted by molar-refractivity contribution is 0.143. The van der Waals surface area contributed by atoms with E-state index in [0.717, 1.165) is 19.6 Å². The molecule has 2 heteroatoms. The van der Waals surface area contributed by atoms with E-state index in [4.69, 9.17) is 5.73 Å². The molecule has 0 saturated heterocycles. The van der Waals surface area contributed by atoms with Gasteiger partial charge in [0, 0.05) is 12.1 Å². The van der Waals surface area contributed by atoms with Gasteiger partial charge < -0.3 is 5.73 Å². The van der Waals surface area contributed by atoms with Crippen molar-refractivity contribution in [2.24, 2.45) is 11.7 Å². The second-order valence-corrected chi connectivity index (χ2v) is 5.20. The predicted molar refractivity (Wildman–Crippen MR) is 69.0 cm³/mol. The van der Waals surface area contributed by atoms with Crippen LogP contribution >= 0.6 is 0 Å². The fraction of sp³-hybridized carbons (Fsp3) is 0.846. The molecule has 0 saturated carbocycles. The molecule has 0 aliphatic rings. The quantitative estimate of drug-likeness (QED) is 0.657. The minimum Gasteiger partial charge on any atom is -0.330 e. The third-order valence-corrected chi connectivity index (χ3v) is 3.02. The predicted octanol–water partition coefficient (Wildman–Crippen LogP) is 2.65. The molecule has 0 spiro atoms. The molecule has 0 bridgehead atoms. The van der Waals surface area contributed by atoms with Gasteiger partial charge in [-0.15, -0.1) is 6.58 Å². The standard InChI is InChI=1S/C13H28N2/c1-6-9-15(13(3,4)5)10-8-12(7-2)11-14/h6,12H,1,7-11,14H2,2-5H3. The van der Waals surface area contributed by atoms with Gasteiger partial charge >= 0.3 is 0 Å². The molecule has 0 aromatic rings. The smallest absolute Gasteiger partial charge is 0.0165 e. The van der Waals surface area contributed by atoms with E-state index < -0.39 is 0 Å². The lowest BCUT2D eigenvalue weighted by atomic mass is 10.00. The number of hydrogen-bond acceptors (Lipinski definition) is 2. The van der Waals surface area contributed by atoms with Crippen LogP contribution < -0.4 is 5.73 Å². The van der Waals surface area contributed by atoms with Gasteiger partial charge in [-0.2, -0.15) is 0 Å². The van der Waals surface area contributed by atoms with Crippen LogP contribution in [0.5, 0.6) is 0 Å². The molecule has 2 N–H and O–H groups in total. The van der Waals surface area contributed by atoms with Gasteiger partial charge in [-0.05, 0) is 46.2 Å². The van der Waals surface area contributed by atoms with Gasteiger partial charge in [-0.25, -0.2) is 0 Å². The Hall–Kier alpha value is -0.340. The van der Waals surface area contributed by atoms with Crippen molar-refractivity contribution in [3.8, 4) is 0 Å². The molecule has 0 aliphatic carbocycles. The summed E-state index contributed by atoms with van der Waals surface area (Å²) in [5, 5.41) is 0. The average Bonchev–Trinajstić information content (AvgIpc) is 2.16. The van der Waals surface area contributed by atoms with Gasteiger partial charge in [-0.1, -0.05) is 19.4 Å². The highest BCUT2D eigenvalue weighted by Crippen LogP contribution is 2.16. The van der Waals surface area contributed by atoms with Crippen molar-refractivity contribution in [2.75, 3.05) is 19.6 Å². The Morgan fingerprint density at radius 2 is 2.00 bits per heavy atom. The Balaban J connectivity index is 4.12. The molecule has 1 unspecified atom stereocenters. The Morgan fingerprint density at radius 3 is 2.33 bits per heavy atom. The van der Waals surface area contributed by atoms with Crippen LogP contribution in [0.25, 0.3) is 0 Å². The van der Waals surface area contributed by atoms with Crippen LogP contribution in [0.1, 0.15) is 40.5 Å². The number of rotatable bonds is 7. The molecular weight excluding hydrogens is 184 g/mol. The highest BCUT2D eigenvalue weighted by Gasteiger charge is 2.20. The zero-order valence-electron chi connectivity index (χ0n) is 10.9. The zero-order valence-corrected chi connectivity index (χ0v) is 10.9. The lowest BCUT2D eigenvalue weighted by Crippen LogP contribution is -2.42. The van der Waals surface area contributed by atoms with Gasteiger partial charge in [-0.3, -0.25) is 4.90 Å². The Morgan fingerprint density at radius 1 is 1.40 bits per heavy atom. The SMILES string of the molecule is C=CCN(CCC(CC)CN)C(C)(C)C. The summed E-state index contributed by atoms with van der Waals surface area (Å²) in [6.07, 6.45) is 4.36. The van der Waals surface area contributed by atoms with Gasteiger partial charge in [0.1, 0.15) is 0 Å². The fourth-order valence-corrected chi connectivity index (χ4v) is 1.68. The van der Waals surface area contributed by atoms with Crippen LogP contribution in [0.2, 0.25) is 0 Å². The van der Waals surface area contributed by atoms with Crippen LogP contribution in [-0.2, 0) is 0 Å². The molecular formula is C13H28N2. The molecule has 0 heterocycles. The molecule has 90 valence electrons. The molecule has 0 amide bonds. The van der Waals surface area contributed by atoms with E-state index in [-0.39, 0.29) is 5.54 Å². The number of hydrogen-bond donors (Lipinski definition) is 1. The van der Waals surface area contributed by atoms with Gasteiger partial charge in [0.05, 0.1) is 0 Å². The zero-order chi connectivity index (χ0) is 11.9. The normalized spacial score (nSPS) is 14.3. The Bertz CT molecular complexity index is 166. The lowest BCUT2D eigenvalue weighted by Gasteiger charge is -2.35. The van der Waals surface area contributed by atoms with Crippen LogP contribution in [0.4, 0.5) is 0 Å².